The van der Waals surface area contributed by atoms with Crippen LogP contribution in [0.5, 0.6) is 0 Å². The molecule has 0 atom stereocenters. The lowest BCUT2D eigenvalue weighted by atomic mass is 9.99. The van der Waals surface area contributed by atoms with E-state index in [4.69, 9.17) is 0 Å². The Morgan fingerprint density at radius 2 is 2.10 bits per heavy atom. The Morgan fingerprint density at radius 1 is 1.40 bits per heavy atom. The lowest BCUT2D eigenvalue weighted by Crippen LogP contribution is -2.08. The van der Waals surface area contributed by atoms with Crippen molar-refractivity contribution < 1.29 is 13.6 Å². The number of carbonyl (C=O) groups is 1. The minimum atomic E-state index is -2.37. The Bertz CT molecular complexity index is 172. The Labute approximate surface area is 57.7 Å². The molecule has 0 fully saturated rings. The summed E-state index contributed by atoms with van der Waals surface area (Å²) in [5.41, 5.74) is 0.125. The zero-order chi connectivity index (χ0) is 7.56. The highest BCUT2D eigenvalue weighted by atomic mass is 19.3. The monoisotopic (exact) mass is 146 g/mol. The van der Waals surface area contributed by atoms with Gasteiger partial charge in [0.1, 0.15) is 5.78 Å². The Kier molecular flexibility index (Phi) is 2.14. The zero-order valence-electron chi connectivity index (χ0n) is 5.44. The van der Waals surface area contributed by atoms with E-state index in [9.17, 15) is 13.6 Å². The maximum atomic E-state index is 11.9. The van der Waals surface area contributed by atoms with E-state index >= 15 is 0 Å². The van der Waals surface area contributed by atoms with Gasteiger partial charge in [0.15, 0.2) is 0 Å². The van der Waals surface area contributed by atoms with Crippen molar-refractivity contribution in [2.24, 2.45) is 0 Å². The van der Waals surface area contributed by atoms with Crippen molar-refractivity contribution in [2.45, 2.75) is 25.7 Å². The third-order valence-corrected chi connectivity index (χ3v) is 1.56. The third kappa shape index (κ3) is 1.62. The Hall–Kier alpha value is -0.730. The van der Waals surface area contributed by atoms with Gasteiger partial charge in [0.05, 0.1) is 0 Å². The SMILES string of the molecule is O=C1CC=C(C(F)F)CC1. The van der Waals surface area contributed by atoms with Gasteiger partial charge in [0.25, 0.3) is 6.43 Å². The molecule has 0 aromatic rings. The van der Waals surface area contributed by atoms with Crippen LogP contribution in [0, 0.1) is 0 Å². The summed E-state index contributed by atoms with van der Waals surface area (Å²) in [6.45, 7) is 0. The Balaban J connectivity index is 2.56. The van der Waals surface area contributed by atoms with Crippen LogP contribution in [-0.2, 0) is 4.79 Å². The lowest BCUT2D eigenvalue weighted by molar-refractivity contribution is -0.118. The first kappa shape index (κ1) is 7.38. The molecule has 1 rings (SSSR count). The molecule has 1 aliphatic rings. The second-order valence-electron chi connectivity index (χ2n) is 2.32. The zero-order valence-corrected chi connectivity index (χ0v) is 5.44. The van der Waals surface area contributed by atoms with Crippen LogP contribution in [-0.4, -0.2) is 12.2 Å². The molecule has 10 heavy (non-hydrogen) atoms. The van der Waals surface area contributed by atoms with Crippen molar-refractivity contribution in [3.8, 4) is 0 Å². The average molecular weight is 146 g/mol. The van der Waals surface area contributed by atoms with Crippen molar-refractivity contribution >= 4 is 5.78 Å². The van der Waals surface area contributed by atoms with Gasteiger partial charge in [-0.3, -0.25) is 4.79 Å². The summed E-state index contributed by atoms with van der Waals surface area (Å²) >= 11 is 0. The number of halogens is 2. The van der Waals surface area contributed by atoms with E-state index in [0.717, 1.165) is 0 Å². The van der Waals surface area contributed by atoms with Gasteiger partial charge in [-0.25, -0.2) is 8.78 Å². The van der Waals surface area contributed by atoms with Crippen molar-refractivity contribution in [1.82, 2.24) is 0 Å². The molecule has 0 amide bonds. The molecular formula is C7H8F2O. The second kappa shape index (κ2) is 2.90. The molecule has 0 saturated carbocycles. The van der Waals surface area contributed by atoms with Crippen LogP contribution >= 0.6 is 0 Å². The molecule has 0 N–H and O–H groups in total. The molecule has 0 aliphatic heterocycles. The van der Waals surface area contributed by atoms with Gasteiger partial charge in [-0.15, -0.1) is 0 Å². The van der Waals surface area contributed by atoms with Crippen molar-refractivity contribution in [2.75, 3.05) is 0 Å². The van der Waals surface area contributed by atoms with E-state index in [1.807, 2.05) is 0 Å². The molecule has 0 aromatic heterocycles. The maximum Gasteiger partial charge on any atom is 0.259 e. The molecule has 1 aliphatic carbocycles. The van der Waals surface area contributed by atoms with Crippen LogP contribution < -0.4 is 0 Å². The lowest BCUT2D eigenvalue weighted by Gasteiger charge is -2.09. The topological polar surface area (TPSA) is 17.1 Å². The summed E-state index contributed by atoms with van der Waals surface area (Å²) in [5.74, 6) is 0.0596. The van der Waals surface area contributed by atoms with Crippen LogP contribution in [0.25, 0.3) is 0 Å². The first-order valence-corrected chi connectivity index (χ1v) is 3.19. The largest absolute Gasteiger partial charge is 0.299 e. The molecule has 0 spiro atoms. The number of Topliss-reactive ketones (excluding diaryl/α,β-unsaturated/α-hetero) is 1. The standard InChI is InChI=1S/C7H8F2O/c8-7(9)5-1-3-6(10)4-2-5/h1,7H,2-4H2. The van der Waals surface area contributed by atoms with Gasteiger partial charge in [-0.2, -0.15) is 0 Å². The minimum absolute atomic E-state index is 0.0596. The predicted molar refractivity (Wildman–Crippen MR) is 32.9 cm³/mol. The summed E-state index contributed by atoms with van der Waals surface area (Å²) in [4.78, 5) is 10.5. The van der Waals surface area contributed by atoms with Gasteiger partial charge in [-0.05, 0) is 12.0 Å². The summed E-state index contributed by atoms with van der Waals surface area (Å²) in [6.07, 6.45) is -0.295. The summed E-state index contributed by atoms with van der Waals surface area (Å²) in [7, 11) is 0. The van der Waals surface area contributed by atoms with Crippen LogP contribution in [0.1, 0.15) is 19.3 Å². The molecule has 0 bridgehead atoms. The average Bonchev–Trinajstić information content (AvgIpc) is 1.88. The molecule has 0 radical (unpaired) electrons. The van der Waals surface area contributed by atoms with Crippen molar-refractivity contribution in [3.63, 3.8) is 0 Å². The van der Waals surface area contributed by atoms with E-state index < -0.39 is 6.43 Å². The Morgan fingerprint density at radius 3 is 2.50 bits per heavy atom. The van der Waals surface area contributed by atoms with Crippen LogP contribution in [0.15, 0.2) is 11.6 Å². The van der Waals surface area contributed by atoms with E-state index in [1.165, 1.54) is 6.08 Å². The number of hydrogen-bond donors (Lipinski definition) is 0. The van der Waals surface area contributed by atoms with Crippen LogP contribution in [0.2, 0.25) is 0 Å². The van der Waals surface area contributed by atoms with E-state index in [-0.39, 0.29) is 30.6 Å². The quantitative estimate of drug-likeness (QED) is 0.516. The highest BCUT2D eigenvalue weighted by molar-refractivity contribution is 5.81. The highest BCUT2D eigenvalue weighted by Crippen LogP contribution is 2.20. The fourth-order valence-corrected chi connectivity index (χ4v) is 0.931. The molecular weight excluding hydrogens is 138 g/mol. The summed E-state index contributed by atoms with van der Waals surface area (Å²) in [5, 5.41) is 0. The normalized spacial score (nSPS) is 19.5. The van der Waals surface area contributed by atoms with Gasteiger partial charge in [0, 0.05) is 12.8 Å². The van der Waals surface area contributed by atoms with Crippen molar-refractivity contribution in [3.05, 3.63) is 11.6 Å². The summed E-state index contributed by atoms with van der Waals surface area (Å²) in [6, 6.07) is 0. The number of hydrogen-bond acceptors (Lipinski definition) is 1. The molecule has 3 heteroatoms. The fraction of sp³-hybridized carbons (Fsp3) is 0.571. The number of carbonyl (C=O) groups excluding carboxylic acids is 1. The molecule has 56 valence electrons. The smallest absolute Gasteiger partial charge is 0.259 e. The molecule has 0 aromatic carbocycles. The van der Waals surface area contributed by atoms with E-state index in [0.29, 0.717) is 0 Å². The van der Waals surface area contributed by atoms with Crippen molar-refractivity contribution in [1.29, 1.82) is 0 Å². The predicted octanol–water partition coefficient (Wildman–Crippen LogP) is 1.93. The van der Waals surface area contributed by atoms with Crippen LogP contribution in [0.3, 0.4) is 0 Å². The van der Waals surface area contributed by atoms with Gasteiger partial charge in [0.2, 0.25) is 0 Å². The number of rotatable bonds is 1. The van der Waals surface area contributed by atoms with Gasteiger partial charge < -0.3 is 0 Å². The molecule has 0 saturated heterocycles. The highest BCUT2D eigenvalue weighted by Gasteiger charge is 2.16. The third-order valence-electron chi connectivity index (χ3n) is 1.56. The molecule has 0 heterocycles. The van der Waals surface area contributed by atoms with E-state index in [2.05, 4.69) is 0 Å². The van der Waals surface area contributed by atoms with Gasteiger partial charge >= 0.3 is 0 Å². The first-order chi connectivity index (χ1) is 4.70. The fourth-order valence-electron chi connectivity index (χ4n) is 0.931. The molecule has 1 nitrogen and oxygen atoms in total. The van der Waals surface area contributed by atoms with Gasteiger partial charge in [-0.1, -0.05) is 6.08 Å². The summed E-state index contributed by atoms with van der Waals surface area (Å²) < 4.78 is 23.7. The number of alkyl halides is 2. The minimum Gasteiger partial charge on any atom is -0.299 e. The molecule has 0 unspecified atom stereocenters. The first-order valence-electron chi connectivity index (χ1n) is 3.19. The van der Waals surface area contributed by atoms with Crippen LogP contribution in [0.4, 0.5) is 8.78 Å². The number of ketones is 1. The maximum absolute atomic E-state index is 11.9. The van der Waals surface area contributed by atoms with E-state index in [1.54, 1.807) is 0 Å². The second-order valence-corrected chi connectivity index (χ2v) is 2.32. The number of allylic oxidation sites excluding steroid dienone is 2.